The van der Waals surface area contributed by atoms with E-state index in [2.05, 4.69) is 30.5 Å². The SMILES string of the molecule is COc1cc(N2CCOCC2)ccc1Nc1ncc(Cl)c(Nc2cccnc2S(=O)(=O)C(C)C)n1. The molecule has 1 aromatic carbocycles. The lowest BCUT2D eigenvalue weighted by atomic mass is 10.2. The average Bonchev–Trinajstić information content (AvgIpc) is 2.87. The van der Waals surface area contributed by atoms with Crippen molar-refractivity contribution in [2.24, 2.45) is 0 Å². The number of nitrogens with zero attached hydrogens (tertiary/aromatic N) is 4. The van der Waals surface area contributed by atoms with Crippen LogP contribution in [0.1, 0.15) is 13.8 Å². The first-order valence-corrected chi connectivity index (χ1v) is 13.0. The van der Waals surface area contributed by atoms with E-state index in [1.165, 1.54) is 12.4 Å². The first-order valence-electron chi connectivity index (χ1n) is 11.1. The molecule has 186 valence electrons. The van der Waals surface area contributed by atoms with Crippen LogP contribution in [0.2, 0.25) is 5.02 Å². The number of ether oxygens (including phenoxy) is 2. The Hall–Kier alpha value is -3.15. The Morgan fingerprint density at radius 1 is 1.11 bits per heavy atom. The second kappa shape index (κ2) is 10.6. The molecule has 0 radical (unpaired) electrons. The lowest BCUT2D eigenvalue weighted by Gasteiger charge is -2.29. The number of sulfone groups is 1. The Morgan fingerprint density at radius 2 is 1.89 bits per heavy atom. The smallest absolute Gasteiger partial charge is 0.229 e. The van der Waals surface area contributed by atoms with Crippen LogP contribution in [0.5, 0.6) is 5.75 Å². The van der Waals surface area contributed by atoms with Crippen molar-refractivity contribution in [3.63, 3.8) is 0 Å². The summed E-state index contributed by atoms with van der Waals surface area (Å²) in [4.78, 5) is 15.0. The largest absolute Gasteiger partial charge is 0.494 e. The van der Waals surface area contributed by atoms with E-state index in [1.807, 2.05) is 18.2 Å². The molecule has 0 saturated carbocycles. The molecule has 0 bridgehead atoms. The van der Waals surface area contributed by atoms with Crippen molar-refractivity contribution < 1.29 is 17.9 Å². The molecule has 1 aliphatic rings. The van der Waals surface area contributed by atoms with Crippen LogP contribution in [0.4, 0.5) is 28.8 Å². The number of hydrogen-bond donors (Lipinski definition) is 2. The molecule has 0 aliphatic carbocycles. The van der Waals surface area contributed by atoms with Crippen molar-refractivity contribution in [3.8, 4) is 5.75 Å². The van der Waals surface area contributed by atoms with Gasteiger partial charge < -0.3 is 25.0 Å². The fourth-order valence-corrected chi connectivity index (χ4v) is 4.72. The molecule has 3 aromatic rings. The van der Waals surface area contributed by atoms with E-state index in [1.54, 1.807) is 33.1 Å². The van der Waals surface area contributed by atoms with Gasteiger partial charge in [0.15, 0.2) is 20.7 Å². The highest BCUT2D eigenvalue weighted by atomic mass is 35.5. The number of pyridine rings is 1. The van der Waals surface area contributed by atoms with Gasteiger partial charge in [-0.1, -0.05) is 11.6 Å². The molecular formula is C23H27ClN6O4S. The molecule has 0 unspecified atom stereocenters. The first-order chi connectivity index (χ1) is 16.8. The van der Waals surface area contributed by atoms with E-state index in [4.69, 9.17) is 21.1 Å². The average molecular weight is 519 g/mol. The Labute approximate surface area is 209 Å². The van der Waals surface area contributed by atoms with Gasteiger partial charge in [0.05, 0.1) is 43.1 Å². The van der Waals surface area contributed by atoms with E-state index < -0.39 is 15.1 Å². The summed E-state index contributed by atoms with van der Waals surface area (Å²) in [6.07, 6.45) is 2.86. The number of halogens is 1. The summed E-state index contributed by atoms with van der Waals surface area (Å²) in [5.74, 6) is 1.12. The van der Waals surface area contributed by atoms with Gasteiger partial charge in [0, 0.05) is 31.0 Å². The molecule has 2 aromatic heterocycles. The number of aromatic nitrogens is 3. The molecule has 1 saturated heterocycles. The predicted octanol–water partition coefficient (Wildman–Crippen LogP) is 4.04. The third-order valence-electron chi connectivity index (χ3n) is 5.47. The molecule has 3 heterocycles. The van der Waals surface area contributed by atoms with Crippen LogP contribution in [-0.2, 0) is 14.6 Å². The normalized spacial score (nSPS) is 14.1. The van der Waals surface area contributed by atoms with Gasteiger partial charge in [-0.25, -0.2) is 18.4 Å². The minimum absolute atomic E-state index is 0.0699. The maximum atomic E-state index is 12.7. The number of rotatable bonds is 8. The first kappa shape index (κ1) is 25.0. The van der Waals surface area contributed by atoms with Crippen LogP contribution in [-0.4, -0.2) is 62.0 Å². The zero-order valence-electron chi connectivity index (χ0n) is 19.7. The fourth-order valence-electron chi connectivity index (χ4n) is 3.50. The highest BCUT2D eigenvalue weighted by Gasteiger charge is 2.25. The number of nitrogens with one attached hydrogen (secondary N) is 2. The lowest BCUT2D eigenvalue weighted by molar-refractivity contribution is 0.122. The predicted molar refractivity (Wildman–Crippen MR) is 136 cm³/mol. The molecule has 12 heteroatoms. The number of anilines is 5. The third kappa shape index (κ3) is 5.58. The van der Waals surface area contributed by atoms with Gasteiger partial charge in [-0.3, -0.25) is 0 Å². The summed E-state index contributed by atoms with van der Waals surface area (Å²) < 4.78 is 36.5. The molecule has 0 spiro atoms. The fraction of sp³-hybridized carbons (Fsp3) is 0.348. The van der Waals surface area contributed by atoms with Gasteiger partial charge in [0.25, 0.3) is 0 Å². The van der Waals surface area contributed by atoms with E-state index in [9.17, 15) is 8.42 Å². The Morgan fingerprint density at radius 3 is 2.60 bits per heavy atom. The Balaban J connectivity index is 1.60. The van der Waals surface area contributed by atoms with Crippen LogP contribution in [0.15, 0.2) is 47.8 Å². The molecule has 2 N–H and O–H groups in total. The standard InChI is InChI=1S/C23H27ClN6O4S/c1-15(2)35(31,32)22-19(5-4-8-25-22)27-21-17(24)14-26-23(29-21)28-18-7-6-16(13-20(18)33-3)30-9-11-34-12-10-30/h4-8,13-15H,9-12H2,1-3H3,(H2,26,27,28,29). The van der Waals surface area contributed by atoms with Gasteiger partial charge in [-0.15, -0.1) is 0 Å². The monoisotopic (exact) mass is 518 g/mol. The molecule has 0 amide bonds. The van der Waals surface area contributed by atoms with E-state index >= 15 is 0 Å². The minimum Gasteiger partial charge on any atom is -0.494 e. The van der Waals surface area contributed by atoms with Crippen LogP contribution in [0.25, 0.3) is 0 Å². The maximum Gasteiger partial charge on any atom is 0.229 e. The number of hydrogen-bond acceptors (Lipinski definition) is 10. The van der Waals surface area contributed by atoms with Gasteiger partial charge in [-0.05, 0) is 38.1 Å². The zero-order valence-corrected chi connectivity index (χ0v) is 21.2. The van der Waals surface area contributed by atoms with Crippen molar-refractivity contribution in [1.82, 2.24) is 15.0 Å². The summed E-state index contributed by atoms with van der Waals surface area (Å²) in [5.41, 5.74) is 1.98. The number of methoxy groups -OCH3 is 1. The highest BCUT2D eigenvalue weighted by Crippen LogP contribution is 2.33. The number of benzene rings is 1. The molecular weight excluding hydrogens is 492 g/mol. The van der Waals surface area contributed by atoms with Crippen molar-refractivity contribution in [3.05, 3.63) is 47.7 Å². The van der Waals surface area contributed by atoms with Crippen LogP contribution in [0.3, 0.4) is 0 Å². The Kier molecular flexibility index (Phi) is 7.58. The van der Waals surface area contributed by atoms with Gasteiger partial charge in [-0.2, -0.15) is 4.98 Å². The summed E-state index contributed by atoms with van der Waals surface area (Å²) in [5, 5.41) is 5.66. The quantitative estimate of drug-likeness (QED) is 0.452. The van der Waals surface area contributed by atoms with Crippen molar-refractivity contribution in [2.45, 2.75) is 24.1 Å². The second-order valence-electron chi connectivity index (χ2n) is 8.07. The molecule has 0 atom stereocenters. The van der Waals surface area contributed by atoms with Crippen LogP contribution >= 0.6 is 11.6 Å². The Bertz CT molecular complexity index is 1300. The van der Waals surface area contributed by atoms with Crippen molar-refractivity contribution in [1.29, 1.82) is 0 Å². The van der Waals surface area contributed by atoms with Crippen LogP contribution < -0.4 is 20.3 Å². The van der Waals surface area contributed by atoms with Gasteiger partial charge in [0.1, 0.15) is 10.8 Å². The summed E-state index contributed by atoms with van der Waals surface area (Å²) in [6.45, 7) is 6.21. The summed E-state index contributed by atoms with van der Waals surface area (Å²) >= 11 is 6.32. The highest BCUT2D eigenvalue weighted by molar-refractivity contribution is 7.92. The van der Waals surface area contributed by atoms with E-state index in [-0.39, 0.29) is 27.5 Å². The molecule has 4 rings (SSSR count). The van der Waals surface area contributed by atoms with Crippen LogP contribution in [0, 0.1) is 0 Å². The van der Waals surface area contributed by atoms with Gasteiger partial charge in [0.2, 0.25) is 5.95 Å². The zero-order chi connectivity index (χ0) is 25.0. The summed E-state index contributed by atoms with van der Waals surface area (Å²) in [6, 6.07) is 9.08. The molecule has 10 nitrogen and oxygen atoms in total. The molecule has 1 aliphatic heterocycles. The lowest BCUT2D eigenvalue weighted by Crippen LogP contribution is -2.36. The maximum absolute atomic E-state index is 12.7. The third-order valence-corrected chi connectivity index (χ3v) is 7.85. The number of morpholine rings is 1. The summed E-state index contributed by atoms with van der Waals surface area (Å²) in [7, 11) is -2.03. The second-order valence-corrected chi connectivity index (χ2v) is 10.9. The van der Waals surface area contributed by atoms with E-state index in [0.717, 1.165) is 18.8 Å². The molecule has 35 heavy (non-hydrogen) atoms. The molecule has 1 fully saturated rings. The van der Waals surface area contributed by atoms with Crippen molar-refractivity contribution >= 4 is 50.3 Å². The van der Waals surface area contributed by atoms with Crippen molar-refractivity contribution in [2.75, 3.05) is 48.9 Å². The topological polar surface area (TPSA) is 119 Å². The van der Waals surface area contributed by atoms with Gasteiger partial charge >= 0.3 is 0 Å². The minimum atomic E-state index is -3.63. The van der Waals surface area contributed by atoms with E-state index in [0.29, 0.717) is 24.7 Å².